The van der Waals surface area contributed by atoms with Crippen molar-refractivity contribution in [2.45, 2.75) is 282 Å². The molecule has 2 saturated heterocycles. The summed E-state index contributed by atoms with van der Waals surface area (Å²) in [6, 6.07) is 11.5. The molecular formula is C50H96O4Si3. The lowest BCUT2D eigenvalue weighted by Crippen LogP contribution is -2.53. The van der Waals surface area contributed by atoms with Gasteiger partial charge in [-0.3, -0.25) is 0 Å². The fraction of sp³-hybridized carbons (Fsp3) is 0.880. The van der Waals surface area contributed by atoms with E-state index < -0.39 is 24.7 Å². The van der Waals surface area contributed by atoms with Gasteiger partial charge < -0.3 is 18.3 Å². The average molecular weight is 846 g/mol. The molecule has 0 saturated carbocycles. The molecule has 1 aromatic rings. The molecule has 1 aromatic carbocycles. The highest BCUT2D eigenvalue weighted by Gasteiger charge is 2.54. The van der Waals surface area contributed by atoms with Crippen LogP contribution in [0.4, 0.5) is 0 Å². The van der Waals surface area contributed by atoms with Crippen molar-refractivity contribution in [2.75, 3.05) is 0 Å². The summed E-state index contributed by atoms with van der Waals surface area (Å²) in [4.78, 5) is 0. The first kappa shape index (κ1) is 51.1. The Labute approximate surface area is 358 Å². The molecule has 4 nitrogen and oxygen atoms in total. The molecule has 2 heterocycles. The Morgan fingerprint density at radius 3 is 1.47 bits per heavy atom. The van der Waals surface area contributed by atoms with Crippen LogP contribution in [0.1, 0.15) is 190 Å². The molecule has 332 valence electrons. The van der Waals surface area contributed by atoms with Crippen LogP contribution in [0, 0.1) is 0 Å². The smallest absolute Gasteiger partial charge is 0.192 e. The van der Waals surface area contributed by atoms with Crippen molar-refractivity contribution in [2.24, 2.45) is 0 Å². The Balaban J connectivity index is 1.84. The Bertz CT molecular complexity index is 1220. The van der Waals surface area contributed by atoms with E-state index in [-0.39, 0.29) is 46.7 Å². The molecule has 3 rings (SSSR count). The molecular weight excluding hydrogens is 749 g/mol. The van der Waals surface area contributed by atoms with E-state index in [0.717, 1.165) is 32.1 Å². The van der Waals surface area contributed by atoms with Gasteiger partial charge in [-0.05, 0) is 73.9 Å². The normalized spacial score (nSPS) is 23.6. The van der Waals surface area contributed by atoms with Crippen LogP contribution >= 0.6 is 0 Å². The number of hydrogen-bond acceptors (Lipinski definition) is 4. The minimum atomic E-state index is -2.05. The zero-order valence-corrected chi connectivity index (χ0v) is 43.4. The second-order valence-corrected chi connectivity index (χ2v) is 36.5. The van der Waals surface area contributed by atoms with Crippen LogP contribution in [-0.2, 0) is 18.3 Å². The van der Waals surface area contributed by atoms with Gasteiger partial charge in [0.15, 0.2) is 16.6 Å². The Hall–Kier alpha value is -0.289. The number of ether oxygens (including phenoxy) is 2. The van der Waals surface area contributed by atoms with Gasteiger partial charge in [-0.25, -0.2) is 0 Å². The maximum Gasteiger partial charge on any atom is 0.192 e. The van der Waals surface area contributed by atoms with Gasteiger partial charge in [0, 0.05) is 0 Å². The van der Waals surface area contributed by atoms with Crippen molar-refractivity contribution < 1.29 is 18.3 Å². The van der Waals surface area contributed by atoms with Gasteiger partial charge in [-0.1, -0.05) is 207 Å². The molecule has 7 heteroatoms. The van der Waals surface area contributed by atoms with Crippen molar-refractivity contribution in [1.29, 1.82) is 0 Å². The van der Waals surface area contributed by atoms with E-state index >= 15 is 0 Å². The first-order valence-corrected chi connectivity index (χ1v) is 33.4. The molecule has 2 aliphatic heterocycles. The highest BCUT2D eigenvalue weighted by molar-refractivity contribution is 6.91. The minimum Gasteiger partial charge on any atom is -0.411 e. The van der Waals surface area contributed by atoms with Gasteiger partial charge in [-0.15, -0.1) is 0 Å². The minimum absolute atomic E-state index is 0.106. The first-order chi connectivity index (χ1) is 26.7. The summed E-state index contributed by atoms with van der Waals surface area (Å²) >= 11 is 0. The Morgan fingerprint density at radius 1 is 0.561 bits per heavy atom. The van der Waals surface area contributed by atoms with E-state index in [1.165, 1.54) is 103 Å². The van der Waals surface area contributed by atoms with Crippen LogP contribution < -0.4 is 5.19 Å². The number of hydrogen-bond donors (Lipinski definition) is 0. The van der Waals surface area contributed by atoms with Gasteiger partial charge in [0.1, 0.15) is 0 Å². The molecule has 0 unspecified atom stereocenters. The van der Waals surface area contributed by atoms with Crippen LogP contribution in [0.2, 0.25) is 54.9 Å². The topological polar surface area (TPSA) is 36.9 Å². The van der Waals surface area contributed by atoms with Crippen molar-refractivity contribution in [3.63, 3.8) is 0 Å². The van der Waals surface area contributed by atoms with Crippen LogP contribution in [0.5, 0.6) is 0 Å². The molecule has 7 atom stereocenters. The zero-order chi connectivity index (χ0) is 42.3. The van der Waals surface area contributed by atoms with Crippen LogP contribution in [0.25, 0.3) is 0 Å². The van der Waals surface area contributed by atoms with E-state index in [0.29, 0.717) is 5.54 Å². The lowest BCUT2D eigenvalue weighted by atomic mass is 10.00. The van der Waals surface area contributed by atoms with Crippen LogP contribution in [0.3, 0.4) is 0 Å². The maximum absolute atomic E-state index is 7.54. The van der Waals surface area contributed by atoms with Gasteiger partial charge in [0.05, 0.1) is 44.7 Å². The summed E-state index contributed by atoms with van der Waals surface area (Å²) in [5.74, 6) is 0. The summed E-state index contributed by atoms with van der Waals surface area (Å²) in [5, 5.41) is 1.88. The Morgan fingerprint density at radius 2 is 1.00 bits per heavy atom. The lowest BCUT2D eigenvalue weighted by molar-refractivity contribution is -0.107. The standard InChI is InChI=1S/C50H96O4Si3/c1-15-17-19-21-23-25-27-32-36-44(53-56(11,12)49(3,4)5)42-38-39-43(51-42)46-40-47(55(9,10)41-34-30-29-31-35-41)48(52-46)45(54-57(13,14)50(6,7)8)37-33-28-26-24-22-20-18-16-2/h29-31,34-35,42-48H,15-28,32-33,36-40H2,1-14H3/t42-,43+,44-,45-,46-,47-,48+/m1/s1. The SMILES string of the molecule is CCCCCCCCCC[C@@H](O[Si](C)(C)C(C)(C)C)[C@@H]1O[C@@H]([C@@H]2CC[C@H]([C@@H](CCCCCCCCCC)O[Si](C)(C)C(C)(C)C)O2)C[C@H]1[Si](C)(C)c1ccccc1. The second kappa shape index (κ2) is 23.8. The molecule has 2 fully saturated rings. The highest BCUT2D eigenvalue weighted by atomic mass is 28.4. The molecule has 0 bridgehead atoms. The van der Waals surface area contributed by atoms with Gasteiger partial charge in [0.2, 0.25) is 0 Å². The fourth-order valence-corrected chi connectivity index (χ4v) is 15.2. The quantitative estimate of drug-likeness (QED) is 0.0653. The van der Waals surface area contributed by atoms with Crippen molar-refractivity contribution in [3.05, 3.63) is 30.3 Å². The number of unbranched alkanes of at least 4 members (excludes halogenated alkanes) is 14. The molecule has 0 spiro atoms. The van der Waals surface area contributed by atoms with E-state index in [9.17, 15) is 0 Å². The summed E-state index contributed by atoms with van der Waals surface area (Å²) in [7, 11) is -5.96. The molecule has 0 N–H and O–H groups in total. The molecule has 0 radical (unpaired) electrons. The summed E-state index contributed by atoms with van der Waals surface area (Å²) < 4.78 is 29.6. The van der Waals surface area contributed by atoms with Crippen LogP contribution in [0.15, 0.2) is 30.3 Å². The fourth-order valence-electron chi connectivity index (χ4n) is 9.03. The second-order valence-electron chi connectivity index (χ2n) is 22.2. The molecule has 2 aliphatic rings. The van der Waals surface area contributed by atoms with Crippen LogP contribution in [-0.4, -0.2) is 61.3 Å². The third-order valence-corrected chi connectivity index (χ3v) is 28.4. The van der Waals surface area contributed by atoms with E-state index in [1.54, 1.807) is 5.19 Å². The maximum atomic E-state index is 7.54. The monoisotopic (exact) mass is 845 g/mol. The lowest BCUT2D eigenvalue weighted by Gasteiger charge is -2.43. The number of benzene rings is 1. The van der Waals surface area contributed by atoms with E-state index in [1.807, 2.05) is 0 Å². The zero-order valence-electron chi connectivity index (χ0n) is 40.4. The molecule has 0 amide bonds. The Kier molecular flexibility index (Phi) is 21.3. The van der Waals surface area contributed by atoms with E-state index in [4.69, 9.17) is 18.3 Å². The van der Waals surface area contributed by atoms with Gasteiger partial charge in [0.25, 0.3) is 0 Å². The van der Waals surface area contributed by atoms with Gasteiger partial charge in [-0.2, -0.15) is 0 Å². The molecule has 0 aliphatic carbocycles. The average Bonchev–Trinajstić information content (AvgIpc) is 3.81. The predicted molar refractivity (Wildman–Crippen MR) is 257 cm³/mol. The largest absolute Gasteiger partial charge is 0.411 e. The summed E-state index contributed by atoms with van der Waals surface area (Å²) in [6.45, 7) is 33.9. The number of rotatable bonds is 27. The summed E-state index contributed by atoms with van der Waals surface area (Å²) in [6.07, 6.45) is 27.7. The molecule has 0 aromatic heterocycles. The third-order valence-electron chi connectivity index (χ3n) is 15.1. The molecule has 57 heavy (non-hydrogen) atoms. The van der Waals surface area contributed by atoms with E-state index in [2.05, 4.69) is 125 Å². The summed E-state index contributed by atoms with van der Waals surface area (Å²) in [5.41, 5.74) is 0.480. The third kappa shape index (κ3) is 15.8. The van der Waals surface area contributed by atoms with Crippen molar-refractivity contribution in [3.8, 4) is 0 Å². The van der Waals surface area contributed by atoms with Crippen molar-refractivity contribution in [1.82, 2.24) is 0 Å². The predicted octanol–water partition coefficient (Wildman–Crippen LogP) is 15.5. The highest BCUT2D eigenvalue weighted by Crippen LogP contribution is 2.48. The first-order valence-electron chi connectivity index (χ1n) is 24.5. The van der Waals surface area contributed by atoms with Gasteiger partial charge >= 0.3 is 0 Å². The van der Waals surface area contributed by atoms with Crippen molar-refractivity contribution >= 4 is 29.9 Å².